The van der Waals surface area contributed by atoms with E-state index < -0.39 is 29.6 Å². The van der Waals surface area contributed by atoms with Crippen molar-refractivity contribution in [2.75, 3.05) is 0 Å². The molecule has 0 heterocycles. The van der Waals surface area contributed by atoms with Crippen LogP contribution < -0.4 is 4.74 Å². The molecule has 0 saturated heterocycles. The first-order chi connectivity index (χ1) is 16.2. The van der Waals surface area contributed by atoms with Gasteiger partial charge in [-0.2, -0.15) is 0 Å². The number of hydrogen-bond acceptors (Lipinski definition) is 1. The first-order valence-corrected chi connectivity index (χ1v) is 11.4. The van der Waals surface area contributed by atoms with Crippen LogP contribution in [0.2, 0.25) is 0 Å². The summed E-state index contributed by atoms with van der Waals surface area (Å²) in [6, 6.07) is 10.6. The van der Waals surface area contributed by atoms with Crippen molar-refractivity contribution >= 4 is 0 Å². The second kappa shape index (κ2) is 9.72. The molecular weight excluding hydrogens is 454 g/mol. The lowest BCUT2D eigenvalue weighted by atomic mass is 9.82. The van der Waals surface area contributed by atoms with E-state index in [1.54, 1.807) is 6.07 Å². The Hall–Kier alpha value is -2.96. The SMILES string of the molecule is CCCCCCc1ccc2c(c1)CCc1c-2ccc(-c2cc(F)c(OC(F)(F)F)c(F)c2)c1F. The van der Waals surface area contributed by atoms with Crippen LogP contribution in [0.5, 0.6) is 5.75 Å². The number of benzene rings is 3. The van der Waals surface area contributed by atoms with E-state index in [0.717, 1.165) is 29.5 Å². The standard InChI is InChI=1S/C27H24F6O/c1-2-3-4-5-6-16-7-9-19-17(13-16)8-10-22-21(19)12-11-20(25(22)30)18-14-23(28)26(24(29)15-18)34-27(31,32)33/h7,9,11-15H,2-6,8,10H2,1H3. The third-order valence-corrected chi connectivity index (χ3v) is 6.19. The first-order valence-electron chi connectivity index (χ1n) is 11.4. The van der Waals surface area contributed by atoms with Crippen LogP contribution in [0.15, 0.2) is 42.5 Å². The van der Waals surface area contributed by atoms with Gasteiger partial charge >= 0.3 is 6.36 Å². The predicted octanol–water partition coefficient (Wildman–Crippen LogP) is 8.56. The summed E-state index contributed by atoms with van der Waals surface area (Å²) in [5, 5.41) is 0. The Morgan fingerprint density at radius 3 is 2.15 bits per heavy atom. The van der Waals surface area contributed by atoms with Gasteiger partial charge in [0.2, 0.25) is 5.75 Å². The normalized spacial score (nSPS) is 12.9. The molecule has 0 unspecified atom stereocenters. The largest absolute Gasteiger partial charge is 0.573 e. The Balaban J connectivity index is 1.64. The summed E-state index contributed by atoms with van der Waals surface area (Å²) in [6.07, 6.45) is 1.51. The van der Waals surface area contributed by atoms with Crippen molar-refractivity contribution in [1.82, 2.24) is 0 Å². The zero-order chi connectivity index (χ0) is 24.5. The summed E-state index contributed by atoms with van der Waals surface area (Å²) < 4.78 is 84.4. The third kappa shape index (κ3) is 5.08. The van der Waals surface area contributed by atoms with E-state index >= 15 is 4.39 Å². The Morgan fingerprint density at radius 2 is 1.47 bits per heavy atom. The molecular formula is C27H24F6O. The molecule has 1 aliphatic carbocycles. The molecule has 0 aromatic heterocycles. The summed E-state index contributed by atoms with van der Waals surface area (Å²) in [5.41, 5.74) is 4.19. The molecule has 0 spiro atoms. The van der Waals surface area contributed by atoms with E-state index in [9.17, 15) is 22.0 Å². The van der Waals surface area contributed by atoms with Crippen LogP contribution in [0.4, 0.5) is 26.3 Å². The zero-order valence-corrected chi connectivity index (χ0v) is 18.7. The number of ether oxygens (including phenoxy) is 1. The summed E-state index contributed by atoms with van der Waals surface area (Å²) >= 11 is 0. The molecule has 0 N–H and O–H groups in total. The van der Waals surface area contributed by atoms with Gasteiger partial charge in [-0.1, -0.05) is 56.5 Å². The molecule has 0 bridgehead atoms. The molecule has 3 aromatic rings. The number of aryl methyl sites for hydroxylation is 2. The monoisotopic (exact) mass is 478 g/mol. The highest BCUT2D eigenvalue weighted by atomic mass is 19.4. The van der Waals surface area contributed by atoms with Gasteiger partial charge in [-0.15, -0.1) is 13.2 Å². The first kappa shape index (κ1) is 24.2. The van der Waals surface area contributed by atoms with Crippen LogP contribution in [0.3, 0.4) is 0 Å². The number of rotatable bonds is 7. The zero-order valence-electron chi connectivity index (χ0n) is 18.7. The number of halogens is 6. The fourth-order valence-corrected chi connectivity index (χ4v) is 4.56. The molecule has 0 aliphatic heterocycles. The van der Waals surface area contributed by atoms with Gasteiger partial charge in [-0.3, -0.25) is 0 Å². The fraction of sp³-hybridized carbons (Fsp3) is 0.333. The Kier molecular flexibility index (Phi) is 6.91. The number of unbranched alkanes of at least 4 members (excludes halogenated alkanes) is 3. The number of hydrogen-bond donors (Lipinski definition) is 0. The molecule has 34 heavy (non-hydrogen) atoms. The van der Waals surface area contributed by atoms with Crippen LogP contribution in [-0.4, -0.2) is 6.36 Å². The van der Waals surface area contributed by atoms with Crippen LogP contribution in [0.1, 0.15) is 49.3 Å². The van der Waals surface area contributed by atoms with Crippen LogP contribution in [0, 0.1) is 17.5 Å². The summed E-state index contributed by atoms with van der Waals surface area (Å²) in [4.78, 5) is 0. The van der Waals surface area contributed by atoms with E-state index in [2.05, 4.69) is 23.8 Å². The topological polar surface area (TPSA) is 9.23 Å². The lowest BCUT2D eigenvalue weighted by Crippen LogP contribution is -2.19. The van der Waals surface area contributed by atoms with E-state index in [1.807, 2.05) is 6.07 Å². The summed E-state index contributed by atoms with van der Waals surface area (Å²) in [6.45, 7) is 2.17. The van der Waals surface area contributed by atoms with Gasteiger partial charge in [0, 0.05) is 5.56 Å². The minimum Gasteiger partial charge on any atom is -0.399 e. The molecule has 7 heteroatoms. The predicted molar refractivity (Wildman–Crippen MR) is 119 cm³/mol. The van der Waals surface area contributed by atoms with Crippen molar-refractivity contribution in [3.63, 3.8) is 0 Å². The lowest BCUT2D eigenvalue weighted by molar-refractivity contribution is -0.276. The maximum absolute atomic E-state index is 15.4. The highest BCUT2D eigenvalue weighted by Crippen LogP contribution is 2.40. The molecule has 0 amide bonds. The highest BCUT2D eigenvalue weighted by molar-refractivity contribution is 5.78. The van der Waals surface area contributed by atoms with Crippen molar-refractivity contribution in [1.29, 1.82) is 0 Å². The Morgan fingerprint density at radius 1 is 0.794 bits per heavy atom. The van der Waals surface area contributed by atoms with Crippen LogP contribution in [0.25, 0.3) is 22.3 Å². The lowest BCUT2D eigenvalue weighted by Gasteiger charge is -2.23. The van der Waals surface area contributed by atoms with Crippen molar-refractivity contribution in [2.45, 2.75) is 58.2 Å². The van der Waals surface area contributed by atoms with Crippen molar-refractivity contribution in [3.8, 4) is 28.0 Å². The molecule has 1 nitrogen and oxygen atoms in total. The number of fused-ring (bicyclic) bond motifs is 3. The smallest absolute Gasteiger partial charge is 0.399 e. The molecule has 0 atom stereocenters. The third-order valence-electron chi connectivity index (χ3n) is 6.19. The maximum Gasteiger partial charge on any atom is 0.573 e. The summed E-state index contributed by atoms with van der Waals surface area (Å²) in [5.74, 6) is -5.30. The average molecular weight is 478 g/mol. The maximum atomic E-state index is 15.4. The van der Waals surface area contributed by atoms with Crippen LogP contribution in [-0.2, 0) is 19.3 Å². The van der Waals surface area contributed by atoms with Crippen LogP contribution >= 0.6 is 0 Å². The van der Waals surface area contributed by atoms with Gasteiger partial charge in [0.15, 0.2) is 11.6 Å². The average Bonchev–Trinajstić information content (AvgIpc) is 2.78. The minimum atomic E-state index is -5.25. The molecule has 3 aromatic carbocycles. The molecule has 1 aliphatic rings. The van der Waals surface area contributed by atoms with Crippen molar-refractivity contribution in [2.24, 2.45) is 0 Å². The van der Waals surface area contributed by atoms with Crippen molar-refractivity contribution in [3.05, 3.63) is 76.6 Å². The van der Waals surface area contributed by atoms with Gasteiger partial charge in [-0.25, -0.2) is 13.2 Å². The molecule has 0 saturated carbocycles. The second-order valence-corrected chi connectivity index (χ2v) is 8.57. The van der Waals surface area contributed by atoms with Crippen molar-refractivity contribution < 1.29 is 31.1 Å². The van der Waals surface area contributed by atoms with E-state index in [4.69, 9.17) is 0 Å². The summed E-state index contributed by atoms with van der Waals surface area (Å²) in [7, 11) is 0. The van der Waals surface area contributed by atoms with E-state index in [1.165, 1.54) is 30.9 Å². The second-order valence-electron chi connectivity index (χ2n) is 8.57. The highest BCUT2D eigenvalue weighted by Gasteiger charge is 2.34. The van der Waals surface area contributed by atoms with Gasteiger partial charge in [0.25, 0.3) is 0 Å². The quantitative estimate of drug-likeness (QED) is 0.244. The van der Waals surface area contributed by atoms with Gasteiger partial charge < -0.3 is 4.74 Å². The Bertz CT molecular complexity index is 1180. The van der Waals surface area contributed by atoms with E-state index in [-0.39, 0.29) is 11.1 Å². The van der Waals surface area contributed by atoms with Gasteiger partial charge in [0.1, 0.15) is 5.82 Å². The molecule has 0 radical (unpaired) electrons. The minimum absolute atomic E-state index is 0.0777. The number of alkyl halides is 3. The molecule has 0 fully saturated rings. The van der Waals surface area contributed by atoms with E-state index in [0.29, 0.717) is 30.5 Å². The van der Waals surface area contributed by atoms with Gasteiger partial charge in [-0.05, 0) is 71.2 Å². The van der Waals surface area contributed by atoms with Gasteiger partial charge in [0.05, 0.1) is 0 Å². The Labute approximate surface area is 194 Å². The fourth-order valence-electron chi connectivity index (χ4n) is 4.56. The molecule has 4 rings (SSSR count). The molecule has 180 valence electrons.